The standard InChI is InChI=1S/C11H14BrNOS/c1-8-4-10(14)2-3-13(8)6-11-5-9(12)7-15-11/h5,7-8H,2-4,6H2,1H3. The molecule has 0 saturated carbocycles. The SMILES string of the molecule is CC1CC(=O)CCN1Cc1cc(Br)cs1. The van der Waals surface area contributed by atoms with Gasteiger partial charge in [-0.15, -0.1) is 11.3 Å². The maximum atomic E-state index is 11.2. The molecule has 0 spiro atoms. The first kappa shape index (κ1) is 11.3. The second kappa shape index (κ2) is 4.76. The fourth-order valence-corrected chi connectivity index (χ4v) is 3.40. The van der Waals surface area contributed by atoms with Gasteiger partial charge in [0.05, 0.1) is 0 Å². The molecule has 1 aromatic rings. The third-order valence-corrected chi connectivity index (χ3v) is 4.49. The van der Waals surface area contributed by atoms with Gasteiger partial charge in [-0.05, 0) is 28.9 Å². The van der Waals surface area contributed by atoms with Crippen LogP contribution in [0.3, 0.4) is 0 Å². The second-order valence-electron chi connectivity index (χ2n) is 4.04. The van der Waals surface area contributed by atoms with Gasteiger partial charge in [0.15, 0.2) is 0 Å². The molecule has 82 valence electrons. The first-order valence-electron chi connectivity index (χ1n) is 5.14. The summed E-state index contributed by atoms with van der Waals surface area (Å²) in [7, 11) is 0. The monoisotopic (exact) mass is 287 g/mol. The summed E-state index contributed by atoms with van der Waals surface area (Å²) in [6, 6.07) is 2.56. The summed E-state index contributed by atoms with van der Waals surface area (Å²) in [6.07, 6.45) is 1.43. The van der Waals surface area contributed by atoms with Gasteiger partial charge in [-0.2, -0.15) is 0 Å². The fourth-order valence-electron chi connectivity index (χ4n) is 1.92. The lowest BCUT2D eigenvalue weighted by Gasteiger charge is -2.32. The Hall–Kier alpha value is -0.190. The molecule has 1 aliphatic heterocycles. The van der Waals surface area contributed by atoms with Crippen LogP contribution in [0.15, 0.2) is 15.9 Å². The molecule has 2 nitrogen and oxygen atoms in total. The van der Waals surface area contributed by atoms with E-state index in [-0.39, 0.29) is 0 Å². The Morgan fingerprint density at radius 3 is 3.07 bits per heavy atom. The van der Waals surface area contributed by atoms with E-state index < -0.39 is 0 Å². The number of hydrogen-bond donors (Lipinski definition) is 0. The van der Waals surface area contributed by atoms with Crippen LogP contribution in [-0.2, 0) is 11.3 Å². The first-order chi connectivity index (χ1) is 7.15. The predicted molar refractivity (Wildman–Crippen MR) is 66.1 cm³/mol. The molecule has 0 bridgehead atoms. The van der Waals surface area contributed by atoms with Gasteiger partial charge in [0.2, 0.25) is 0 Å². The highest BCUT2D eigenvalue weighted by molar-refractivity contribution is 9.10. The molecule has 2 rings (SSSR count). The molecule has 0 aromatic carbocycles. The molecule has 2 heterocycles. The van der Waals surface area contributed by atoms with Crippen molar-refractivity contribution in [3.05, 3.63) is 20.8 Å². The molecule has 0 amide bonds. The van der Waals surface area contributed by atoms with E-state index in [0.29, 0.717) is 18.2 Å². The predicted octanol–water partition coefficient (Wildman–Crippen LogP) is 3.06. The number of ketones is 1. The minimum atomic E-state index is 0.395. The number of rotatable bonds is 2. The van der Waals surface area contributed by atoms with E-state index >= 15 is 0 Å². The summed E-state index contributed by atoms with van der Waals surface area (Å²) >= 11 is 5.23. The minimum absolute atomic E-state index is 0.395. The summed E-state index contributed by atoms with van der Waals surface area (Å²) in [5.41, 5.74) is 0. The highest BCUT2D eigenvalue weighted by Gasteiger charge is 2.23. The molecule has 4 heteroatoms. The van der Waals surface area contributed by atoms with E-state index in [0.717, 1.165) is 24.0 Å². The number of halogens is 1. The third-order valence-electron chi connectivity index (χ3n) is 2.80. The molecule has 1 saturated heterocycles. The molecular weight excluding hydrogens is 274 g/mol. The molecule has 1 unspecified atom stereocenters. The highest BCUT2D eigenvalue weighted by Crippen LogP contribution is 2.24. The Balaban J connectivity index is 1.97. The van der Waals surface area contributed by atoms with Gasteiger partial charge in [0.25, 0.3) is 0 Å². The Morgan fingerprint density at radius 2 is 2.47 bits per heavy atom. The fraction of sp³-hybridized carbons (Fsp3) is 0.545. The minimum Gasteiger partial charge on any atom is -0.300 e. The summed E-state index contributed by atoms with van der Waals surface area (Å²) < 4.78 is 1.16. The smallest absolute Gasteiger partial charge is 0.135 e. The van der Waals surface area contributed by atoms with E-state index in [1.54, 1.807) is 11.3 Å². The molecule has 1 atom stereocenters. The van der Waals surface area contributed by atoms with Gasteiger partial charge >= 0.3 is 0 Å². The van der Waals surface area contributed by atoms with Crippen molar-refractivity contribution in [1.82, 2.24) is 4.90 Å². The molecule has 0 N–H and O–H groups in total. The Bertz CT molecular complexity index is 363. The van der Waals surface area contributed by atoms with E-state index in [1.807, 2.05) is 0 Å². The number of piperidine rings is 1. The van der Waals surface area contributed by atoms with E-state index in [4.69, 9.17) is 0 Å². The van der Waals surface area contributed by atoms with E-state index in [2.05, 4.69) is 39.2 Å². The molecule has 0 radical (unpaired) electrons. The second-order valence-corrected chi connectivity index (χ2v) is 5.95. The zero-order valence-electron chi connectivity index (χ0n) is 8.70. The van der Waals surface area contributed by atoms with Gasteiger partial charge < -0.3 is 0 Å². The van der Waals surface area contributed by atoms with Gasteiger partial charge in [-0.3, -0.25) is 9.69 Å². The number of hydrogen-bond acceptors (Lipinski definition) is 3. The largest absolute Gasteiger partial charge is 0.300 e. The Kier molecular flexibility index (Phi) is 3.59. The summed E-state index contributed by atoms with van der Waals surface area (Å²) in [4.78, 5) is 15.0. The third kappa shape index (κ3) is 2.89. The van der Waals surface area contributed by atoms with E-state index in [9.17, 15) is 4.79 Å². The maximum absolute atomic E-state index is 11.2. The number of carbonyl (C=O) groups excluding carboxylic acids is 1. The molecule has 1 aliphatic rings. The highest BCUT2D eigenvalue weighted by atomic mass is 79.9. The topological polar surface area (TPSA) is 20.3 Å². The van der Waals surface area contributed by atoms with Crippen molar-refractivity contribution in [3.63, 3.8) is 0 Å². The molecular formula is C11H14BrNOS. The van der Waals surface area contributed by atoms with Crippen LogP contribution < -0.4 is 0 Å². The molecule has 1 aromatic heterocycles. The van der Waals surface area contributed by atoms with Gasteiger partial charge in [0, 0.05) is 46.7 Å². The Labute approximate surface area is 102 Å². The molecule has 15 heavy (non-hydrogen) atoms. The lowest BCUT2D eigenvalue weighted by molar-refractivity contribution is -0.123. The summed E-state index contributed by atoms with van der Waals surface area (Å²) in [6.45, 7) is 4.03. The zero-order valence-corrected chi connectivity index (χ0v) is 11.1. The summed E-state index contributed by atoms with van der Waals surface area (Å²) in [5.74, 6) is 0.408. The van der Waals surface area contributed by atoms with Gasteiger partial charge in [-0.1, -0.05) is 0 Å². The van der Waals surface area contributed by atoms with Crippen molar-refractivity contribution in [3.8, 4) is 0 Å². The van der Waals surface area contributed by atoms with Crippen LogP contribution in [-0.4, -0.2) is 23.3 Å². The zero-order chi connectivity index (χ0) is 10.8. The van der Waals surface area contributed by atoms with Crippen molar-refractivity contribution >= 4 is 33.0 Å². The Morgan fingerprint density at radius 1 is 1.67 bits per heavy atom. The lowest BCUT2D eigenvalue weighted by atomic mass is 10.0. The van der Waals surface area contributed by atoms with E-state index in [1.165, 1.54) is 4.88 Å². The van der Waals surface area contributed by atoms with Crippen LogP contribution in [0, 0.1) is 0 Å². The van der Waals surface area contributed by atoms with Crippen LogP contribution in [0.25, 0.3) is 0 Å². The number of carbonyl (C=O) groups is 1. The summed E-state index contributed by atoms with van der Waals surface area (Å²) in [5, 5.41) is 2.11. The lowest BCUT2D eigenvalue weighted by Crippen LogP contribution is -2.40. The normalized spacial score (nSPS) is 23.3. The van der Waals surface area contributed by atoms with Crippen LogP contribution in [0.5, 0.6) is 0 Å². The van der Waals surface area contributed by atoms with Crippen LogP contribution >= 0.6 is 27.3 Å². The average Bonchev–Trinajstić information content (AvgIpc) is 2.56. The number of likely N-dealkylation sites (tertiary alicyclic amines) is 1. The van der Waals surface area contributed by atoms with Crippen LogP contribution in [0.1, 0.15) is 24.6 Å². The van der Waals surface area contributed by atoms with Crippen molar-refractivity contribution in [1.29, 1.82) is 0 Å². The van der Waals surface area contributed by atoms with Gasteiger partial charge in [0.1, 0.15) is 5.78 Å². The average molecular weight is 288 g/mol. The van der Waals surface area contributed by atoms with Crippen molar-refractivity contribution in [2.45, 2.75) is 32.4 Å². The van der Waals surface area contributed by atoms with Crippen molar-refractivity contribution < 1.29 is 4.79 Å². The molecule has 0 aliphatic carbocycles. The first-order valence-corrected chi connectivity index (χ1v) is 6.81. The quantitative estimate of drug-likeness (QED) is 0.833. The maximum Gasteiger partial charge on any atom is 0.135 e. The van der Waals surface area contributed by atoms with Crippen molar-refractivity contribution in [2.24, 2.45) is 0 Å². The van der Waals surface area contributed by atoms with Crippen LogP contribution in [0.2, 0.25) is 0 Å². The molecule has 1 fully saturated rings. The number of nitrogens with zero attached hydrogens (tertiary/aromatic N) is 1. The number of Topliss-reactive ketones (excluding diaryl/α,β-unsaturated/α-hetero) is 1. The van der Waals surface area contributed by atoms with Crippen LogP contribution in [0.4, 0.5) is 0 Å². The number of thiophene rings is 1. The van der Waals surface area contributed by atoms with Gasteiger partial charge in [-0.25, -0.2) is 0 Å². The van der Waals surface area contributed by atoms with Crippen molar-refractivity contribution in [2.75, 3.05) is 6.54 Å².